The van der Waals surface area contributed by atoms with Crippen molar-refractivity contribution in [3.8, 4) is 0 Å². The summed E-state index contributed by atoms with van der Waals surface area (Å²) in [6.07, 6.45) is 2.73. The smallest absolute Gasteiger partial charge is 0.276 e. The molecule has 0 saturated carbocycles. The number of amides is 1. The average molecular weight is 320 g/mol. The third-order valence-corrected chi connectivity index (χ3v) is 3.41. The molecule has 0 atom stereocenters. The van der Waals surface area contributed by atoms with Crippen LogP contribution < -0.4 is 10.2 Å². The molecule has 1 aliphatic heterocycles. The molecule has 3 rings (SSSR count). The number of ether oxygens (including phenoxy) is 1. The van der Waals surface area contributed by atoms with Gasteiger partial charge in [-0.25, -0.2) is 18.7 Å². The Bertz CT molecular complexity index is 683. The number of anilines is 2. The third kappa shape index (κ3) is 3.42. The summed E-state index contributed by atoms with van der Waals surface area (Å²) in [6, 6.07) is 3.34. The van der Waals surface area contributed by atoms with Crippen molar-refractivity contribution in [2.24, 2.45) is 0 Å². The number of hydrogen-bond donors (Lipinski definition) is 1. The average Bonchev–Trinajstić information content (AvgIpc) is 2.59. The predicted molar refractivity (Wildman–Crippen MR) is 79.4 cm³/mol. The predicted octanol–water partition coefficient (Wildman–Crippen LogP) is 1.84. The van der Waals surface area contributed by atoms with E-state index in [-0.39, 0.29) is 5.69 Å². The van der Waals surface area contributed by atoms with E-state index in [1.165, 1.54) is 18.5 Å². The van der Waals surface area contributed by atoms with Crippen molar-refractivity contribution in [1.29, 1.82) is 0 Å². The van der Waals surface area contributed by atoms with Crippen molar-refractivity contribution in [1.82, 2.24) is 9.97 Å². The van der Waals surface area contributed by atoms with Crippen LogP contribution >= 0.6 is 0 Å². The molecule has 2 aromatic rings. The maximum atomic E-state index is 13.5. The van der Waals surface area contributed by atoms with Gasteiger partial charge < -0.3 is 15.0 Å². The number of hydrogen-bond acceptors (Lipinski definition) is 5. The Morgan fingerprint density at radius 2 is 1.83 bits per heavy atom. The van der Waals surface area contributed by atoms with Crippen LogP contribution in [0.2, 0.25) is 0 Å². The monoisotopic (exact) mass is 320 g/mol. The van der Waals surface area contributed by atoms with Gasteiger partial charge in [0.05, 0.1) is 25.6 Å². The quantitative estimate of drug-likeness (QED) is 0.935. The second kappa shape index (κ2) is 6.66. The van der Waals surface area contributed by atoms with Crippen molar-refractivity contribution >= 4 is 17.4 Å². The van der Waals surface area contributed by atoms with Gasteiger partial charge in [0.25, 0.3) is 5.91 Å². The molecule has 1 amide bonds. The second-order valence-electron chi connectivity index (χ2n) is 4.91. The minimum absolute atomic E-state index is 0.0235. The van der Waals surface area contributed by atoms with Gasteiger partial charge in [0.2, 0.25) is 0 Å². The van der Waals surface area contributed by atoms with Crippen LogP contribution in [0.1, 0.15) is 10.5 Å². The van der Waals surface area contributed by atoms with Crippen LogP contribution in [0, 0.1) is 11.6 Å². The largest absolute Gasteiger partial charge is 0.378 e. The highest BCUT2D eigenvalue weighted by Crippen LogP contribution is 2.19. The van der Waals surface area contributed by atoms with Gasteiger partial charge in [-0.15, -0.1) is 0 Å². The lowest BCUT2D eigenvalue weighted by molar-refractivity contribution is 0.102. The fourth-order valence-corrected chi connectivity index (χ4v) is 2.19. The first-order valence-corrected chi connectivity index (χ1v) is 7.05. The van der Waals surface area contributed by atoms with E-state index in [1.54, 1.807) is 0 Å². The lowest BCUT2D eigenvalue weighted by Gasteiger charge is -2.27. The molecule has 1 aromatic carbocycles. The Kier molecular flexibility index (Phi) is 4.42. The molecule has 1 saturated heterocycles. The topological polar surface area (TPSA) is 67.4 Å². The fourth-order valence-electron chi connectivity index (χ4n) is 2.19. The standard InChI is InChI=1S/C15H14F2N4O2/c16-10-2-1-3-11(17)14(10)20-15(22)12-8-19-13(9-18-12)21-4-6-23-7-5-21/h1-3,8-9H,4-7H2,(H,20,22). The molecular weight excluding hydrogens is 306 g/mol. The highest BCUT2D eigenvalue weighted by Gasteiger charge is 2.16. The molecule has 1 aromatic heterocycles. The summed E-state index contributed by atoms with van der Waals surface area (Å²) >= 11 is 0. The Morgan fingerprint density at radius 1 is 1.13 bits per heavy atom. The van der Waals surface area contributed by atoms with Crippen LogP contribution in [0.15, 0.2) is 30.6 Å². The van der Waals surface area contributed by atoms with E-state index in [2.05, 4.69) is 15.3 Å². The molecule has 2 heterocycles. The lowest BCUT2D eigenvalue weighted by Crippen LogP contribution is -2.36. The summed E-state index contributed by atoms with van der Waals surface area (Å²) in [5.41, 5.74) is -0.527. The van der Waals surface area contributed by atoms with Crippen LogP contribution in [0.4, 0.5) is 20.3 Å². The normalized spacial score (nSPS) is 14.6. The Balaban J connectivity index is 1.72. The molecule has 0 unspecified atom stereocenters. The first-order chi connectivity index (χ1) is 11.1. The molecule has 0 radical (unpaired) electrons. The molecule has 0 bridgehead atoms. The minimum Gasteiger partial charge on any atom is -0.378 e. The van der Waals surface area contributed by atoms with Crippen LogP contribution in [-0.2, 0) is 4.74 Å². The van der Waals surface area contributed by atoms with Gasteiger partial charge in [-0.2, -0.15) is 0 Å². The van der Waals surface area contributed by atoms with Gasteiger partial charge in [0.1, 0.15) is 28.8 Å². The molecule has 1 N–H and O–H groups in total. The number of nitrogens with zero attached hydrogens (tertiary/aromatic N) is 3. The number of aromatic nitrogens is 2. The summed E-state index contributed by atoms with van der Waals surface area (Å²) in [6.45, 7) is 2.61. The van der Waals surface area contributed by atoms with Gasteiger partial charge in [0, 0.05) is 13.1 Å². The molecule has 23 heavy (non-hydrogen) atoms. The molecule has 8 heteroatoms. The van der Waals surface area contributed by atoms with E-state index in [0.29, 0.717) is 32.1 Å². The number of nitrogens with one attached hydrogen (secondary N) is 1. The van der Waals surface area contributed by atoms with Gasteiger partial charge in [-0.1, -0.05) is 6.07 Å². The lowest BCUT2D eigenvalue weighted by atomic mass is 10.2. The molecule has 0 spiro atoms. The maximum Gasteiger partial charge on any atom is 0.276 e. The molecule has 0 aliphatic carbocycles. The number of morpholine rings is 1. The zero-order valence-electron chi connectivity index (χ0n) is 12.1. The van der Waals surface area contributed by atoms with Gasteiger partial charge in [-0.3, -0.25) is 4.79 Å². The van der Waals surface area contributed by atoms with Crippen molar-refractivity contribution in [2.75, 3.05) is 36.5 Å². The SMILES string of the molecule is O=C(Nc1c(F)cccc1F)c1cnc(N2CCOCC2)cn1. The van der Waals surface area contributed by atoms with Crippen molar-refractivity contribution in [2.45, 2.75) is 0 Å². The van der Waals surface area contributed by atoms with Gasteiger partial charge >= 0.3 is 0 Å². The van der Waals surface area contributed by atoms with Crippen molar-refractivity contribution in [3.05, 3.63) is 47.9 Å². The molecule has 1 aliphatic rings. The molecular formula is C15H14F2N4O2. The summed E-state index contributed by atoms with van der Waals surface area (Å²) in [5, 5.41) is 2.17. The first kappa shape index (κ1) is 15.3. The van der Waals surface area contributed by atoms with Gasteiger partial charge in [-0.05, 0) is 12.1 Å². The molecule has 6 nitrogen and oxygen atoms in total. The third-order valence-electron chi connectivity index (χ3n) is 3.41. The minimum atomic E-state index is -0.851. The van der Waals surface area contributed by atoms with Crippen LogP contribution in [0.5, 0.6) is 0 Å². The number of carbonyl (C=O) groups is 1. The van der Waals surface area contributed by atoms with Crippen LogP contribution in [-0.4, -0.2) is 42.2 Å². The van der Waals surface area contributed by atoms with Crippen molar-refractivity contribution in [3.63, 3.8) is 0 Å². The molecule has 120 valence electrons. The van der Waals surface area contributed by atoms with Crippen LogP contribution in [0.25, 0.3) is 0 Å². The highest BCUT2D eigenvalue weighted by molar-refractivity contribution is 6.02. The molecule has 1 fully saturated rings. The Hall–Kier alpha value is -2.61. The number of rotatable bonds is 3. The van der Waals surface area contributed by atoms with E-state index < -0.39 is 23.2 Å². The number of para-hydroxylation sites is 1. The van der Waals surface area contributed by atoms with E-state index in [9.17, 15) is 13.6 Å². The number of benzene rings is 1. The Labute approximate surface area is 131 Å². The van der Waals surface area contributed by atoms with Gasteiger partial charge in [0.15, 0.2) is 0 Å². The summed E-state index contributed by atoms with van der Waals surface area (Å²) < 4.78 is 32.3. The maximum absolute atomic E-state index is 13.5. The van der Waals surface area contributed by atoms with E-state index in [0.717, 1.165) is 12.1 Å². The fraction of sp³-hybridized carbons (Fsp3) is 0.267. The van der Waals surface area contributed by atoms with E-state index in [4.69, 9.17) is 4.74 Å². The van der Waals surface area contributed by atoms with Crippen molar-refractivity contribution < 1.29 is 18.3 Å². The van der Waals surface area contributed by atoms with Crippen LogP contribution in [0.3, 0.4) is 0 Å². The highest BCUT2D eigenvalue weighted by atomic mass is 19.1. The Morgan fingerprint density at radius 3 is 2.43 bits per heavy atom. The summed E-state index contributed by atoms with van der Waals surface area (Å²) in [7, 11) is 0. The second-order valence-corrected chi connectivity index (χ2v) is 4.91. The van der Waals surface area contributed by atoms with E-state index >= 15 is 0 Å². The number of halogens is 2. The summed E-state index contributed by atoms with van der Waals surface area (Å²) in [5.74, 6) is -1.80. The first-order valence-electron chi connectivity index (χ1n) is 7.05. The van der Waals surface area contributed by atoms with E-state index in [1.807, 2.05) is 4.90 Å². The zero-order valence-corrected chi connectivity index (χ0v) is 12.1. The summed E-state index contributed by atoms with van der Waals surface area (Å²) in [4.78, 5) is 22.2. The zero-order chi connectivity index (χ0) is 16.2. The number of carbonyl (C=O) groups excluding carboxylic acids is 1.